The molecule has 2 amide bonds. The van der Waals surface area contributed by atoms with Crippen molar-refractivity contribution in [2.24, 2.45) is 11.8 Å². The smallest absolute Gasteiger partial charge is 0.350 e. The van der Waals surface area contributed by atoms with E-state index in [0.29, 0.717) is 38.2 Å². The van der Waals surface area contributed by atoms with Crippen molar-refractivity contribution in [1.82, 2.24) is 18.8 Å². The number of hydrogen-bond acceptors (Lipinski definition) is 5. The molecule has 1 aromatic rings. The van der Waals surface area contributed by atoms with Crippen LogP contribution < -0.4 is 5.32 Å². The van der Waals surface area contributed by atoms with Crippen molar-refractivity contribution in [2.45, 2.75) is 63.8 Å². The largest absolute Gasteiger partial charge is 0.416 e. The van der Waals surface area contributed by atoms with Gasteiger partial charge in [0.25, 0.3) is 10.2 Å². The highest BCUT2D eigenvalue weighted by molar-refractivity contribution is 7.86. The van der Waals surface area contributed by atoms with E-state index in [4.69, 9.17) is 5.26 Å². The van der Waals surface area contributed by atoms with Gasteiger partial charge in [0, 0.05) is 44.3 Å². The Morgan fingerprint density at radius 3 is 2.46 bits per heavy atom. The van der Waals surface area contributed by atoms with Gasteiger partial charge in [-0.2, -0.15) is 35.5 Å². The molecular weight excluding hydrogens is 542 g/mol. The van der Waals surface area contributed by atoms with E-state index in [1.54, 1.807) is 0 Å². The van der Waals surface area contributed by atoms with E-state index >= 15 is 0 Å². The number of alkyl halides is 3. The zero-order valence-corrected chi connectivity index (χ0v) is 22.3. The third kappa shape index (κ3) is 6.05. The number of benzene rings is 1. The van der Waals surface area contributed by atoms with Crippen LogP contribution in [0.5, 0.6) is 0 Å². The van der Waals surface area contributed by atoms with Gasteiger partial charge in [0.15, 0.2) is 0 Å². The second-order valence-electron chi connectivity index (χ2n) is 10.3. The van der Waals surface area contributed by atoms with Crippen LogP contribution in [0, 0.1) is 29.0 Å². The molecule has 0 unspecified atom stereocenters. The quantitative estimate of drug-likeness (QED) is 0.504. The fraction of sp³-hybridized carbons (Fsp3) is 0.640. The van der Waals surface area contributed by atoms with Crippen LogP contribution in [0.2, 0.25) is 0 Å². The Bertz CT molecular complexity index is 1250. The van der Waals surface area contributed by atoms with Crippen molar-refractivity contribution in [3.63, 3.8) is 0 Å². The van der Waals surface area contributed by atoms with Crippen LogP contribution in [0.4, 0.5) is 17.6 Å². The fourth-order valence-corrected chi connectivity index (χ4v) is 7.27. The molecule has 0 aliphatic carbocycles. The molecule has 3 atom stereocenters. The first-order valence-electron chi connectivity index (χ1n) is 13.0. The molecule has 3 aliphatic heterocycles. The molecule has 1 N–H and O–H groups in total. The van der Waals surface area contributed by atoms with Crippen LogP contribution >= 0.6 is 0 Å². The van der Waals surface area contributed by atoms with Crippen LogP contribution in [-0.4, -0.2) is 72.0 Å². The molecule has 3 saturated heterocycles. The summed E-state index contributed by atoms with van der Waals surface area (Å²) < 4.78 is 81.2. The van der Waals surface area contributed by atoms with E-state index in [1.165, 1.54) is 13.5 Å². The molecule has 0 spiro atoms. The molecular formula is C25H31F4N5O4S. The van der Waals surface area contributed by atoms with Crippen molar-refractivity contribution < 1.29 is 35.6 Å². The summed E-state index contributed by atoms with van der Waals surface area (Å²) in [6.07, 6.45) is -2.24. The van der Waals surface area contributed by atoms with Gasteiger partial charge in [-0.3, -0.25) is 9.59 Å². The highest BCUT2D eigenvalue weighted by Gasteiger charge is 2.46. The molecule has 39 heavy (non-hydrogen) atoms. The van der Waals surface area contributed by atoms with E-state index < -0.39 is 45.6 Å². The van der Waals surface area contributed by atoms with Crippen molar-refractivity contribution in [1.29, 1.82) is 5.26 Å². The number of nitrogens with one attached hydrogen (secondary N) is 1. The average Bonchev–Trinajstić information content (AvgIpc) is 3.30. The predicted molar refractivity (Wildman–Crippen MR) is 131 cm³/mol. The highest BCUT2D eigenvalue weighted by Crippen LogP contribution is 2.33. The lowest BCUT2D eigenvalue weighted by molar-refractivity contribution is -0.144. The second kappa shape index (κ2) is 11.4. The van der Waals surface area contributed by atoms with Crippen LogP contribution in [0.1, 0.15) is 50.2 Å². The molecule has 0 bridgehead atoms. The Morgan fingerprint density at radius 2 is 1.85 bits per heavy atom. The summed E-state index contributed by atoms with van der Waals surface area (Å²) in [6.45, 7) is 2.04. The van der Waals surface area contributed by atoms with E-state index in [-0.39, 0.29) is 56.2 Å². The van der Waals surface area contributed by atoms with Crippen molar-refractivity contribution >= 4 is 22.0 Å². The van der Waals surface area contributed by atoms with Gasteiger partial charge in [0.05, 0.1) is 23.5 Å². The summed E-state index contributed by atoms with van der Waals surface area (Å²) in [5, 5.41) is 11.5. The lowest BCUT2D eigenvalue weighted by Crippen LogP contribution is -2.58. The standard InChI is InChI=1S/C25H31F4N5O4S/c1-2-20-7-8-22(23(35)31-12-17-5-6-19(10-21(17)26)25(27,28)29)34(20)24(36)18-4-3-9-32(15-18)39(37,38)33-13-16(11-30)14-33/h5-6,10,16,18,20,22H,2-4,7-9,12-15H2,1H3,(H,31,35)/t18-,20+,22+/m0/s1. The van der Waals surface area contributed by atoms with Gasteiger partial charge in [-0.25, -0.2) is 4.39 Å². The minimum atomic E-state index is -4.69. The van der Waals surface area contributed by atoms with Gasteiger partial charge >= 0.3 is 6.18 Å². The molecule has 14 heteroatoms. The van der Waals surface area contributed by atoms with Crippen molar-refractivity contribution in [3.8, 4) is 6.07 Å². The fourth-order valence-electron chi connectivity index (χ4n) is 5.48. The van der Waals surface area contributed by atoms with Crippen molar-refractivity contribution in [3.05, 3.63) is 35.1 Å². The summed E-state index contributed by atoms with van der Waals surface area (Å²) in [5.41, 5.74) is -1.24. The number of nitriles is 1. The molecule has 1 aromatic carbocycles. The first-order valence-corrected chi connectivity index (χ1v) is 14.4. The molecule has 214 valence electrons. The lowest BCUT2D eigenvalue weighted by Gasteiger charge is -2.41. The third-order valence-electron chi connectivity index (χ3n) is 7.78. The summed E-state index contributed by atoms with van der Waals surface area (Å²) in [5.74, 6) is -2.94. The summed E-state index contributed by atoms with van der Waals surface area (Å²) in [4.78, 5) is 28.3. The van der Waals surface area contributed by atoms with Gasteiger partial charge in [-0.1, -0.05) is 13.0 Å². The predicted octanol–water partition coefficient (Wildman–Crippen LogP) is 2.64. The minimum Gasteiger partial charge on any atom is -0.350 e. The molecule has 0 aromatic heterocycles. The number of halogens is 4. The number of carbonyl (C=O) groups excluding carboxylic acids is 2. The number of piperidine rings is 1. The van der Waals surface area contributed by atoms with Gasteiger partial charge in [-0.15, -0.1) is 0 Å². The monoisotopic (exact) mass is 573 g/mol. The third-order valence-corrected chi connectivity index (χ3v) is 9.72. The maximum atomic E-state index is 14.2. The van der Waals surface area contributed by atoms with Crippen LogP contribution in [-0.2, 0) is 32.5 Å². The van der Waals surface area contributed by atoms with E-state index in [2.05, 4.69) is 5.32 Å². The number of hydrogen-bond donors (Lipinski definition) is 1. The Kier molecular flexibility index (Phi) is 8.53. The van der Waals surface area contributed by atoms with Gasteiger partial charge in [0.2, 0.25) is 11.8 Å². The highest BCUT2D eigenvalue weighted by atomic mass is 32.2. The number of rotatable bonds is 7. The molecule has 0 radical (unpaired) electrons. The number of likely N-dealkylation sites (tertiary alicyclic amines) is 1. The normalized spacial score (nSPS) is 25.2. The lowest BCUT2D eigenvalue weighted by atomic mass is 9.97. The summed E-state index contributed by atoms with van der Waals surface area (Å²) >= 11 is 0. The Morgan fingerprint density at radius 1 is 1.13 bits per heavy atom. The number of amides is 2. The summed E-state index contributed by atoms with van der Waals surface area (Å²) in [6, 6.07) is 3.06. The Hall–Kier alpha value is -2.76. The molecule has 3 aliphatic rings. The topological polar surface area (TPSA) is 114 Å². The van der Waals surface area contributed by atoms with Crippen LogP contribution in [0.15, 0.2) is 18.2 Å². The molecule has 4 rings (SSSR count). The molecule has 0 saturated carbocycles. The average molecular weight is 574 g/mol. The van der Waals surface area contributed by atoms with E-state index in [9.17, 15) is 35.6 Å². The number of nitrogens with zero attached hydrogens (tertiary/aromatic N) is 4. The number of carbonyl (C=O) groups is 2. The minimum absolute atomic E-state index is 0.0209. The summed E-state index contributed by atoms with van der Waals surface area (Å²) in [7, 11) is -3.80. The van der Waals surface area contributed by atoms with Gasteiger partial charge in [-0.05, 0) is 44.2 Å². The Balaban J connectivity index is 1.42. The Labute approximate surface area is 224 Å². The molecule has 9 nitrogen and oxygen atoms in total. The molecule has 3 heterocycles. The van der Waals surface area contributed by atoms with Crippen LogP contribution in [0.3, 0.4) is 0 Å². The molecule has 3 fully saturated rings. The first-order chi connectivity index (χ1) is 18.4. The maximum Gasteiger partial charge on any atom is 0.416 e. The van der Waals surface area contributed by atoms with Gasteiger partial charge in [0.1, 0.15) is 11.9 Å². The first kappa shape index (κ1) is 29.2. The maximum absolute atomic E-state index is 14.2. The van der Waals surface area contributed by atoms with Crippen LogP contribution in [0.25, 0.3) is 0 Å². The van der Waals surface area contributed by atoms with Crippen molar-refractivity contribution in [2.75, 3.05) is 26.2 Å². The van der Waals surface area contributed by atoms with E-state index in [1.807, 2.05) is 13.0 Å². The zero-order valence-electron chi connectivity index (χ0n) is 21.5. The second-order valence-corrected chi connectivity index (χ2v) is 12.2. The zero-order chi connectivity index (χ0) is 28.5. The van der Waals surface area contributed by atoms with Gasteiger partial charge < -0.3 is 10.2 Å². The SMILES string of the molecule is CC[C@@H]1CC[C@H](C(=O)NCc2ccc(C(F)(F)F)cc2F)N1C(=O)[C@H]1CCCN(S(=O)(=O)N2CC(C#N)C2)C1. The van der Waals surface area contributed by atoms with E-state index in [0.717, 1.165) is 12.1 Å².